The minimum absolute atomic E-state index is 0.0532. The first-order chi connectivity index (χ1) is 9.65. The van der Waals surface area contributed by atoms with Crippen LogP contribution < -0.4 is 11.1 Å². The number of amides is 1. The number of carbonyl (C=O) groups excluding carboxylic acids is 1. The highest BCUT2D eigenvalue weighted by Gasteiger charge is 2.24. The van der Waals surface area contributed by atoms with Crippen LogP contribution in [-0.2, 0) is 13.5 Å². The molecular weight excluding hydrogens is 252 g/mol. The number of aromatic nitrogens is 2. The third-order valence-corrected chi connectivity index (χ3v) is 3.85. The monoisotopic (exact) mass is 270 g/mol. The van der Waals surface area contributed by atoms with Gasteiger partial charge in [-0.1, -0.05) is 0 Å². The van der Waals surface area contributed by atoms with E-state index in [1.165, 1.54) is 5.69 Å². The molecule has 1 aliphatic carbocycles. The molecule has 0 saturated carbocycles. The largest absolute Gasteiger partial charge is 0.399 e. The van der Waals surface area contributed by atoms with E-state index in [1.54, 1.807) is 24.3 Å². The third kappa shape index (κ3) is 2.27. The average molecular weight is 270 g/mol. The van der Waals surface area contributed by atoms with Crippen molar-refractivity contribution in [2.24, 2.45) is 7.05 Å². The lowest BCUT2D eigenvalue weighted by Crippen LogP contribution is -2.30. The molecule has 1 unspecified atom stereocenters. The highest BCUT2D eigenvalue weighted by atomic mass is 16.1. The predicted octanol–water partition coefficient (Wildman–Crippen LogP) is 1.81. The Bertz CT molecular complexity index is 630. The molecule has 3 N–H and O–H groups in total. The Morgan fingerprint density at radius 2 is 2.15 bits per heavy atom. The molecule has 0 aliphatic heterocycles. The Hall–Kier alpha value is -2.30. The number of rotatable bonds is 2. The fraction of sp³-hybridized carbons (Fsp3) is 0.333. The molecule has 5 nitrogen and oxygen atoms in total. The molecule has 1 amide bonds. The number of carbonyl (C=O) groups is 1. The van der Waals surface area contributed by atoms with E-state index < -0.39 is 0 Å². The number of aryl methyl sites for hydroxylation is 1. The molecule has 0 fully saturated rings. The number of hydrogen-bond acceptors (Lipinski definition) is 3. The standard InChI is InChI=1S/C15H18N4O/c1-19-14-4-2-3-13(12(14)9-17-19)18-15(20)10-5-7-11(16)8-6-10/h5-9,13H,2-4,16H2,1H3,(H,18,20). The fourth-order valence-electron chi connectivity index (χ4n) is 2.73. The van der Waals surface area contributed by atoms with Gasteiger partial charge < -0.3 is 11.1 Å². The molecule has 20 heavy (non-hydrogen) atoms. The van der Waals surface area contributed by atoms with Crippen LogP contribution in [0.15, 0.2) is 30.5 Å². The first-order valence-corrected chi connectivity index (χ1v) is 6.82. The zero-order valence-electron chi connectivity index (χ0n) is 11.5. The summed E-state index contributed by atoms with van der Waals surface area (Å²) in [6, 6.07) is 7.03. The van der Waals surface area contributed by atoms with Crippen LogP contribution in [0.25, 0.3) is 0 Å². The number of fused-ring (bicyclic) bond motifs is 1. The smallest absolute Gasteiger partial charge is 0.251 e. The first-order valence-electron chi connectivity index (χ1n) is 6.82. The molecular formula is C15H18N4O. The van der Waals surface area contributed by atoms with Gasteiger partial charge >= 0.3 is 0 Å². The minimum atomic E-state index is -0.0632. The summed E-state index contributed by atoms with van der Waals surface area (Å²) in [6.07, 6.45) is 4.92. The van der Waals surface area contributed by atoms with Gasteiger partial charge in [-0.25, -0.2) is 0 Å². The van der Waals surface area contributed by atoms with Crippen molar-refractivity contribution in [3.8, 4) is 0 Å². The van der Waals surface area contributed by atoms with Crippen molar-refractivity contribution in [2.45, 2.75) is 25.3 Å². The van der Waals surface area contributed by atoms with Gasteiger partial charge in [0.05, 0.1) is 12.2 Å². The van der Waals surface area contributed by atoms with E-state index >= 15 is 0 Å². The lowest BCUT2D eigenvalue weighted by atomic mass is 9.93. The second kappa shape index (κ2) is 5.00. The van der Waals surface area contributed by atoms with Crippen molar-refractivity contribution >= 4 is 11.6 Å². The summed E-state index contributed by atoms with van der Waals surface area (Å²) in [6.45, 7) is 0. The Morgan fingerprint density at radius 1 is 1.40 bits per heavy atom. The van der Waals surface area contributed by atoms with Crippen LogP contribution in [-0.4, -0.2) is 15.7 Å². The van der Waals surface area contributed by atoms with E-state index in [1.807, 2.05) is 17.9 Å². The summed E-state index contributed by atoms with van der Waals surface area (Å²) in [4.78, 5) is 12.3. The van der Waals surface area contributed by atoms with Crippen LogP contribution in [0.2, 0.25) is 0 Å². The molecule has 0 saturated heterocycles. The Kier molecular flexibility index (Phi) is 3.18. The van der Waals surface area contributed by atoms with Crippen molar-refractivity contribution in [3.63, 3.8) is 0 Å². The van der Waals surface area contributed by atoms with Crippen molar-refractivity contribution < 1.29 is 4.79 Å². The van der Waals surface area contributed by atoms with Crippen LogP contribution in [0.4, 0.5) is 5.69 Å². The molecule has 1 heterocycles. The van der Waals surface area contributed by atoms with E-state index in [-0.39, 0.29) is 11.9 Å². The van der Waals surface area contributed by atoms with Crippen LogP contribution in [0, 0.1) is 0 Å². The average Bonchev–Trinajstić information content (AvgIpc) is 2.82. The highest BCUT2D eigenvalue weighted by Crippen LogP contribution is 2.29. The SMILES string of the molecule is Cn1ncc2c1CCCC2NC(=O)c1ccc(N)cc1. The van der Waals surface area contributed by atoms with E-state index in [0.29, 0.717) is 11.3 Å². The third-order valence-electron chi connectivity index (χ3n) is 3.85. The predicted molar refractivity (Wildman–Crippen MR) is 77.2 cm³/mol. The van der Waals surface area contributed by atoms with Crippen molar-refractivity contribution in [1.82, 2.24) is 15.1 Å². The van der Waals surface area contributed by atoms with Gasteiger partial charge in [-0.15, -0.1) is 0 Å². The van der Waals surface area contributed by atoms with Gasteiger partial charge in [0, 0.05) is 29.6 Å². The van der Waals surface area contributed by atoms with Gasteiger partial charge in [-0.2, -0.15) is 5.10 Å². The van der Waals surface area contributed by atoms with Crippen LogP contribution >= 0.6 is 0 Å². The molecule has 1 aliphatic rings. The molecule has 1 aromatic heterocycles. The maximum atomic E-state index is 12.3. The summed E-state index contributed by atoms with van der Waals surface area (Å²) >= 11 is 0. The maximum Gasteiger partial charge on any atom is 0.251 e. The number of nitrogen functional groups attached to an aromatic ring is 1. The van der Waals surface area contributed by atoms with Crippen molar-refractivity contribution in [1.29, 1.82) is 0 Å². The van der Waals surface area contributed by atoms with Gasteiger partial charge in [-0.05, 0) is 43.5 Å². The number of anilines is 1. The topological polar surface area (TPSA) is 72.9 Å². The van der Waals surface area contributed by atoms with Gasteiger partial charge in [0.2, 0.25) is 0 Å². The van der Waals surface area contributed by atoms with E-state index in [0.717, 1.165) is 24.8 Å². The second-order valence-electron chi connectivity index (χ2n) is 5.21. The maximum absolute atomic E-state index is 12.3. The Labute approximate surface area is 117 Å². The molecule has 1 aromatic carbocycles. The lowest BCUT2D eigenvalue weighted by molar-refractivity contribution is 0.0932. The zero-order chi connectivity index (χ0) is 14.1. The number of nitrogens with one attached hydrogen (secondary N) is 1. The second-order valence-corrected chi connectivity index (χ2v) is 5.21. The summed E-state index contributed by atoms with van der Waals surface area (Å²) in [5, 5.41) is 7.38. The van der Waals surface area contributed by atoms with Gasteiger partial charge in [0.25, 0.3) is 5.91 Å². The van der Waals surface area contributed by atoms with Gasteiger partial charge in [0.1, 0.15) is 0 Å². The lowest BCUT2D eigenvalue weighted by Gasteiger charge is -2.23. The van der Waals surface area contributed by atoms with Crippen LogP contribution in [0.3, 0.4) is 0 Å². The minimum Gasteiger partial charge on any atom is -0.399 e. The van der Waals surface area contributed by atoms with E-state index in [2.05, 4.69) is 10.4 Å². The Morgan fingerprint density at radius 3 is 2.90 bits per heavy atom. The molecule has 2 aromatic rings. The van der Waals surface area contributed by atoms with Gasteiger partial charge in [0.15, 0.2) is 0 Å². The first kappa shape index (κ1) is 12.7. The molecule has 3 rings (SSSR count). The quantitative estimate of drug-likeness (QED) is 0.817. The molecule has 1 atom stereocenters. The summed E-state index contributed by atoms with van der Waals surface area (Å²) in [7, 11) is 1.95. The van der Waals surface area contributed by atoms with Crippen molar-refractivity contribution in [3.05, 3.63) is 47.3 Å². The molecule has 0 bridgehead atoms. The Balaban J connectivity index is 1.78. The van der Waals surface area contributed by atoms with Crippen molar-refractivity contribution in [2.75, 3.05) is 5.73 Å². The molecule has 104 valence electrons. The molecule has 0 spiro atoms. The fourth-order valence-corrected chi connectivity index (χ4v) is 2.73. The molecule has 0 radical (unpaired) electrons. The zero-order valence-corrected chi connectivity index (χ0v) is 11.5. The van der Waals surface area contributed by atoms with Gasteiger partial charge in [-0.3, -0.25) is 9.48 Å². The summed E-state index contributed by atoms with van der Waals surface area (Å²) < 4.78 is 1.90. The van der Waals surface area contributed by atoms with Crippen LogP contribution in [0.5, 0.6) is 0 Å². The summed E-state index contributed by atoms with van der Waals surface area (Å²) in [5.74, 6) is -0.0632. The highest BCUT2D eigenvalue weighted by molar-refractivity contribution is 5.94. The number of nitrogens with zero attached hydrogens (tertiary/aromatic N) is 2. The van der Waals surface area contributed by atoms with E-state index in [9.17, 15) is 4.79 Å². The number of benzene rings is 1. The van der Waals surface area contributed by atoms with E-state index in [4.69, 9.17) is 5.73 Å². The van der Waals surface area contributed by atoms with Crippen LogP contribution in [0.1, 0.15) is 40.5 Å². The number of nitrogens with two attached hydrogens (primary N) is 1. The molecule has 5 heteroatoms. The number of hydrogen-bond donors (Lipinski definition) is 2. The summed E-state index contributed by atoms with van der Waals surface area (Å²) in [5.41, 5.74) is 9.29. The normalized spacial score (nSPS) is 17.6.